The second-order valence-corrected chi connectivity index (χ2v) is 3.81. The van der Waals surface area contributed by atoms with Crippen molar-refractivity contribution >= 4 is 17.6 Å². The fraction of sp³-hybridized carbons (Fsp3) is 0.273. The molecule has 0 spiro atoms. The van der Waals surface area contributed by atoms with Crippen molar-refractivity contribution in [2.24, 2.45) is 0 Å². The molecule has 0 unspecified atom stereocenters. The summed E-state index contributed by atoms with van der Waals surface area (Å²) in [7, 11) is 0. The lowest BCUT2D eigenvalue weighted by Crippen LogP contribution is -2.28. The fourth-order valence-electron chi connectivity index (χ4n) is 1.20. The topological polar surface area (TPSA) is 150 Å². The van der Waals surface area contributed by atoms with E-state index in [4.69, 9.17) is 21.1 Å². The molecule has 1 aromatic carbocycles. The van der Waals surface area contributed by atoms with Gasteiger partial charge in [0.25, 0.3) is 5.97 Å². The van der Waals surface area contributed by atoms with Gasteiger partial charge in [0.15, 0.2) is 0 Å². The van der Waals surface area contributed by atoms with Crippen LogP contribution < -0.4 is 5.73 Å². The van der Waals surface area contributed by atoms with Crippen LogP contribution in [0.1, 0.15) is 23.2 Å². The van der Waals surface area contributed by atoms with Gasteiger partial charge in [-0.25, -0.2) is 4.79 Å². The average Bonchev–Trinajstić information content (AvgIpc) is 2.25. The zero-order valence-corrected chi connectivity index (χ0v) is 9.74. The third kappa shape index (κ3) is 4.92. The molecule has 1 aromatic rings. The van der Waals surface area contributed by atoms with Gasteiger partial charge in [-0.3, -0.25) is 4.79 Å². The molecule has 0 heterocycles. The number of hydrogen-bond donors (Lipinski definition) is 5. The molecule has 0 saturated carbocycles. The van der Waals surface area contributed by atoms with Crippen molar-refractivity contribution in [2.45, 2.75) is 18.8 Å². The smallest absolute Gasteiger partial charge is 0.349 e. The van der Waals surface area contributed by atoms with E-state index >= 15 is 0 Å². The highest BCUT2D eigenvalue weighted by Crippen LogP contribution is 2.21. The molecule has 6 N–H and O–H groups in total. The lowest BCUT2D eigenvalue weighted by atomic mass is 10.2. The third-order valence-electron chi connectivity index (χ3n) is 2.11. The lowest BCUT2D eigenvalue weighted by molar-refractivity contribution is -0.314. The van der Waals surface area contributed by atoms with Crippen molar-refractivity contribution in [3.05, 3.63) is 23.8 Å². The van der Waals surface area contributed by atoms with E-state index < -0.39 is 36.5 Å². The Balaban J connectivity index is 2.62. The number of ether oxygens (including phenoxy) is 1. The van der Waals surface area contributed by atoms with Crippen molar-refractivity contribution in [3.8, 4) is 5.75 Å². The van der Waals surface area contributed by atoms with E-state index in [0.29, 0.717) is 0 Å². The van der Waals surface area contributed by atoms with Crippen molar-refractivity contribution in [2.75, 3.05) is 5.73 Å². The summed E-state index contributed by atoms with van der Waals surface area (Å²) >= 11 is 0. The number of benzene rings is 1. The number of rotatable bonds is 4. The summed E-state index contributed by atoms with van der Waals surface area (Å²) in [5.74, 6) is -5.64. The third-order valence-corrected chi connectivity index (χ3v) is 2.11. The Morgan fingerprint density at radius 2 is 1.89 bits per heavy atom. The Morgan fingerprint density at radius 1 is 1.26 bits per heavy atom. The first-order valence-electron chi connectivity index (χ1n) is 5.19. The van der Waals surface area contributed by atoms with Crippen molar-refractivity contribution in [1.29, 1.82) is 0 Å². The number of anilines is 1. The first-order valence-corrected chi connectivity index (χ1v) is 5.19. The van der Waals surface area contributed by atoms with Crippen LogP contribution in [0, 0.1) is 0 Å². The monoisotopic (exact) mass is 271 g/mol. The molecule has 0 aliphatic heterocycles. The molecule has 0 aliphatic carbocycles. The molecule has 19 heavy (non-hydrogen) atoms. The lowest BCUT2D eigenvalue weighted by Gasteiger charge is -2.12. The number of hydrogen-bond acceptors (Lipinski definition) is 8. The minimum absolute atomic E-state index is 0.228. The van der Waals surface area contributed by atoms with Crippen LogP contribution >= 0.6 is 0 Å². The Morgan fingerprint density at radius 3 is 2.42 bits per heavy atom. The largest absolute Gasteiger partial charge is 0.507 e. The summed E-state index contributed by atoms with van der Waals surface area (Å²) < 4.78 is 4.34. The second-order valence-electron chi connectivity index (χ2n) is 3.81. The average molecular weight is 271 g/mol. The number of carbonyl (C=O) groups excluding carboxylic acids is 2. The number of carbonyl (C=O) groups is 2. The SMILES string of the molecule is Nc1ccc(C(=O)OC(=O)CCC(O)(O)O)c(O)c1. The van der Waals surface area contributed by atoms with Gasteiger partial charge in [-0.15, -0.1) is 0 Å². The first kappa shape index (κ1) is 14.9. The van der Waals surface area contributed by atoms with E-state index in [1.165, 1.54) is 12.1 Å². The van der Waals surface area contributed by atoms with Crippen LogP contribution in [-0.4, -0.2) is 38.3 Å². The molecule has 104 valence electrons. The number of aliphatic hydroxyl groups is 3. The van der Waals surface area contributed by atoms with Gasteiger partial charge in [0.1, 0.15) is 11.3 Å². The molecular weight excluding hydrogens is 258 g/mol. The highest BCUT2D eigenvalue weighted by atomic mass is 16.7. The molecule has 0 radical (unpaired) electrons. The van der Waals surface area contributed by atoms with Gasteiger partial charge in [0.05, 0.1) is 6.42 Å². The number of phenols is 1. The van der Waals surface area contributed by atoms with Crippen LogP contribution in [0.25, 0.3) is 0 Å². The molecule has 0 aliphatic rings. The van der Waals surface area contributed by atoms with E-state index in [0.717, 1.165) is 6.07 Å². The fourth-order valence-corrected chi connectivity index (χ4v) is 1.20. The van der Waals surface area contributed by atoms with Gasteiger partial charge in [0.2, 0.25) is 0 Å². The standard InChI is InChI=1S/C11H13NO7/c12-6-1-2-7(8(13)5-6)10(15)19-9(14)3-4-11(16,17)18/h1-2,5,13,16-18H,3-4,12H2. The van der Waals surface area contributed by atoms with Crippen LogP contribution in [0.3, 0.4) is 0 Å². The molecule has 1 rings (SSSR count). The predicted octanol–water partition coefficient (Wildman–Crippen LogP) is -0.931. The Bertz CT molecular complexity index is 492. The first-order chi connectivity index (χ1) is 8.69. The van der Waals surface area contributed by atoms with Crippen LogP contribution in [0.15, 0.2) is 18.2 Å². The minimum Gasteiger partial charge on any atom is -0.507 e. The molecule has 0 atom stereocenters. The molecule has 0 amide bonds. The van der Waals surface area contributed by atoms with Crippen LogP contribution in [0.5, 0.6) is 5.75 Å². The molecular formula is C11H13NO7. The normalized spacial score (nSPS) is 11.1. The van der Waals surface area contributed by atoms with Gasteiger partial charge in [-0.05, 0) is 12.1 Å². The highest BCUT2D eigenvalue weighted by molar-refractivity contribution is 5.99. The van der Waals surface area contributed by atoms with E-state index in [-0.39, 0.29) is 11.3 Å². The van der Waals surface area contributed by atoms with E-state index in [1.807, 2.05) is 0 Å². The second kappa shape index (κ2) is 5.65. The zero-order chi connectivity index (χ0) is 14.6. The summed E-state index contributed by atoms with van der Waals surface area (Å²) in [4.78, 5) is 22.6. The summed E-state index contributed by atoms with van der Waals surface area (Å²) in [6.45, 7) is 0. The maximum Gasteiger partial charge on any atom is 0.349 e. The summed E-state index contributed by atoms with van der Waals surface area (Å²) in [6, 6.07) is 3.62. The van der Waals surface area contributed by atoms with E-state index in [1.54, 1.807) is 0 Å². The minimum atomic E-state index is -3.01. The van der Waals surface area contributed by atoms with Crippen LogP contribution in [-0.2, 0) is 9.53 Å². The highest BCUT2D eigenvalue weighted by Gasteiger charge is 2.22. The maximum atomic E-state index is 11.5. The number of nitrogen functional groups attached to an aromatic ring is 1. The molecule has 0 saturated heterocycles. The predicted molar refractivity (Wildman–Crippen MR) is 61.6 cm³/mol. The zero-order valence-electron chi connectivity index (χ0n) is 9.74. The van der Waals surface area contributed by atoms with E-state index in [2.05, 4.69) is 4.74 Å². The van der Waals surface area contributed by atoms with Crippen LogP contribution in [0.4, 0.5) is 5.69 Å². The quantitative estimate of drug-likeness (QED) is 0.204. The number of esters is 2. The van der Waals surface area contributed by atoms with Gasteiger partial charge < -0.3 is 30.9 Å². The number of nitrogens with two attached hydrogens (primary N) is 1. The maximum absolute atomic E-state index is 11.5. The van der Waals surface area contributed by atoms with Gasteiger partial charge in [-0.2, -0.15) is 0 Å². The molecule has 0 bridgehead atoms. The number of aromatic hydroxyl groups is 1. The number of phenolic OH excluding ortho intramolecular Hbond substituents is 1. The van der Waals surface area contributed by atoms with E-state index in [9.17, 15) is 14.7 Å². The summed E-state index contributed by atoms with van der Waals surface area (Å²) in [5, 5.41) is 35.1. The molecule has 8 heteroatoms. The van der Waals surface area contributed by atoms with Crippen molar-refractivity contribution in [3.63, 3.8) is 0 Å². The summed E-state index contributed by atoms with van der Waals surface area (Å²) in [6.07, 6.45) is -1.31. The van der Waals surface area contributed by atoms with Crippen molar-refractivity contribution < 1.29 is 34.8 Å². The summed E-state index contributed by atoms with van der Waals surface area (Å²) in [5.41, 5.74) is 5.33. The molecule has 0 fully saturated rings. The Hall–Kier alpha value is -2.16. The van der Waals surface area contributed by atoms with Crippen LogP contribution in [0.2, 0.25) is 0 Å². The van der Waals surface area contributed by atoms with Gasteiger partial charge in [0, 0.05) is 18.2 Å². The van der Waals surface area contributed by atoms with Gasteiger partial charge in [-0.1, -0.05) is 0 Å². The Kier molecular flexibility index (Phi) is 4.43. The molecule has 8 nitrogen and oxygen atoms in total. The van der Waals surface area contributed by atoms with Gasteiger partial charge >= 0.3 is 11.9 Å². The Labute approximate surface area is 107 Å². The molecule has 0 aromatic heterocycles. The van der Waals surface area contributed by atoms with Crippen molar-refractivity contribution in [1.82, 2.24) is 0 Å².